The molecule has 120 valence electrons. The number of hydrogen-bond donors (Lipinski definition) is 1. The average Bonchev–Trinajstić information content (AvgIpc) is 2.55. The summed E-state index contributed by atoms with van der Waals surface area (Å²) in [6.45, 7) is -1.95. The summed E-state index contributed by atoms with van der Waals surface area (Å²) in [5.41, 5.74) is 0.869. The van der Waals surface area contributed by atoms with Crippen LogP contribution in [0, 0.1) is 0 Å². The summed E-state index contributed by atoms with van der Waals surface area (Å²) in [5.74, 6) is 0.818. The molecule has 1 aliphatic rings. The number of halogens is 2. The zero-order chi connectivity index (χ0) is 16.2. The second-order valence-electron chi connectivity index (χ2n) is 4.72. The zero-order valence-corrected chi connectivity index (χ0v) is 11.9. The molecule has 1 aliphatic heterocycles. The molecule has 23 heavy (non-hydrogen) atoms. The van der Waals surface area contributed by atoms with Crippen LogP contribution in [-0.4, -0.2) is 25.7 Å². The van der Waals surface area contributed by atoms with E-state index in [0.29, 0.717) is 36.0 Å². The highest BCUT2D eigenvalue weighted by atomic mass is 19.3. The Bertz CT molecular complexity index is 704. The van der Waals surface area contributed by atoms with Gasteiger partial charge in [-0.15, -0.1) is 0 Å². The summed E-state index contributed by atoms with van der Waals surface area (Å²) in [7, 11) is 0. The van der Waals surface area contributed by atoms with E-state index < -0.39 is 6.61 Å². The Balaban J connectivity index is 1.69. The van der Waals surface area contributed by atoms with E-state index in [1.165, 1.54) is 24.3 Å². The normalized spacial score (nSPS) is 12.8. The van der Waals surface area contributed by atoms with Crippen LogP contribution in [0.4, 0.5) is 14.5 Å². The minimum Gasteiger partial charge on any atom is -0.486 e. The Hall–Kier alpha value is -2.83. The van der Waals surface area contributed by atoms with Crippen LogP contribution in [0.3, 0.4) is 0 Å². The van der Waals surface area contributed by atoms with Gasteiger partial charge in [0.15, 0.2) is 11.5 Å². The number of rotatable bonds is 4. The van der Waals surface area contributed by atoms with E-state index >= 15 is 0 Å². The second-order valence-corrected chi connectivity index (χ2v) is 4.72. The van der Waals surface area contributed by atoms with Gasteiger partial charge in [0.1, 0.15) is 19.0 Å². The molecule has 0 fully saturated rings. The van der Waals surface area contributed by atoms with Gasteiger partial charge in [-0.2, -0.15) is 8.78 Å². The van der Waals surface area contributed by atoms with E-state index in [2.05, 4.69) is 10.1 Å². The van der Waals surface area contributed by atoms with Crippen LogP contribution in [0.1, 0.15) is 10.4 Å². The van der Waals surface area contributed by atoms with E-state index in [1.807, 2.05) is 0 Å². The summed E-state index contributed by atoms with van der Waals surface area (Å²) in [4.78, 5) is 12.1. The molecule has 7 heteroatoms. The highest BCUT2D eigenvalue weighted by Crippen LogP contribution is 2.32. The molecule has 5 nitrogen and oxygen atoms in total. The quantitative estimate of drug-likeness (QED) is 0.938. The minimum absolute atomic E-state index is 0.00382. The SMILES string of the molecule is O=C(Nc1ccc2c(c1)OCCO2)c1ccc(OC(F)F)cc1. The highest BCUT2D eigenvalue weighted by molar-refractivity contribution is 6.04. The molecule has 0 radical (unpaired) electrons. The first kappa shape index (κ1) is 15.1. The molecule has 0 atom stereocenters. The molecule has 1 amide bonds. The first-order valence-electron chi connectivity index (χ1n) is 6.88. The van der Waals surface area contributed by atoms with Crippen molar-refractivity contribution >= 4 is 11.6 Å². The number of alkyl halides is 2. The number of carbonyl (C=O) groups excluding carboxylic acids is 1. The van der Waals surface area contributed by atoms with Crippen molar-refractivity contribution < 1.29 is 27.8 Å². The van der Waals surface area contributed by atoms with Crippen molar-refractivity contribution in [2.75, 3.05) is 18.5 Å². The monoisotopic (exact) mass is 321 g/mol. The number of hydrogen-bond acceptors (Lipinski definition) is 4. The van der Waals surface area contributed by atoms with E-state index in [-0.39, 0.29) is 11.7 Å². The fraction of sp³-hybridized carbons (Fsp3) is 0.188. The summed E-state index contributed by atoms with van der Waals surface area (Å²) < 4.78 is 39.2. The van der Waals surface area contributed by atoms with Crippen molar-refractivity contribution in [1.29, 1.82) is 0 Å². The maximum absolute atomic E-state index is 12.1. The lowest BCUT2D eigenvalue weighted by Gasteiger charge is -2.19. The van der Waals surface area contributed by atoms with Gasteiger partial charge in [0, 0.05) is 17.3 Å². The molecular formula is C16H13F2NO4. The molecule has 0 bridgehead atoms. The van der Waals surface area contributed by atoms with Crippen LogP contribution < -0.4 is 19.5 Å². The third-order valence-electron chi connectivity index (χ3n) is 3.14. The standard InChI is InChI=1S/C16H13F2NO4/c17-16(18)23-12-4-1-10(2-5-12)15(20)19-11-3-6-13-14(9-11)22-8-7-21-13/h1-6,9,16H,7-8H2,(H,19,20). The topological polar surface area (TPSA) is 56.8 Å². The maximum atomic E-state index is 12.1. The summed E-state index contributed by atoms with van der Waals surface area (Å²) in [6, 6.07) is 10.5. The van der Waals surface area contributed by atoms with Crippen molar-refractivity contribution in [3.63, 3.8) is 0 Å². The molecule has 0 saturated carbocycles. The van der Waals surface area contributed by atoms with Gasteiger partial charge in [-0.25, -0.2) is 0 Å². The van der Waals surface area contributed by atoms with Gasteiger partial charge >= 0.3 is 6.61 Å². The molecular weight excluding hydrogens is 308 g/mol. The Morgan fingerprint density at radius 2 is 1.74 bits per heavy atom. The van der Waals surface area contributed by atoms with Gasteiger partial charge < -0.3 is 19.5 Å². The van der Waals surface area contributed by atoms with E-state index in [0.717, 1.165) is 0 Å². The predicted octanol–water partition coefficient (Wildman–Crippen LogP) is 3.31. The maximum Gasteiger partial charge on any atom is 0.387 e. The second kappa shape index (κ2) is 6.51. The van der Waals surface area contributed by atoms with Gasteiger partial charge in [0.25, 0.3) is 5.91 Å². The van der Waals surface area contributed by atoms with Crippen LogP contribution in [-0.2, 0) is 0 Å². The molecule has 3 rings (SSSR count). The largest absolute Gasteiger partial charge is 0.486 e. The molecule has 2 aromatic rings. The first-order valence-corrected chi connectivity index (χ1v) is 6.88. The van der Waals surface area contributed by atoms with Crippen LogP contribution in [0.15, 0.2) is 42.5 Å². The van der Waals surface area contributed by atoms with Crippen LogP contribution in [0.5, 0.6) is 17.2 Å². The fourth-order valence-electron chi connectivity index (χ4n) is 2.11. The molecule has 0 spiro atoms. The lowest BCUT2D eigenvalue weighted by molar-refractivity contribution is -0.0498. The minimum atomic E-state index is -2.90. The summed E-state index contributed by atoms with van der Waals surface area (Å²) >= 11 is 0. The Morgan fingerprint density at radius 1 is 1.04 bits per heavy atom. The molecule has 2 aromatic carbocycles. The number of carbonyl (C=O) groups is 1. The van der Waals surface area contributed by atoms with Crippen molar-refractivity contribution in [2.45, 2.75) is 6.61 Å². The number of nitrogens with one attached hydrogen (secondary N) is 1. The van der Waals surface area contributed by atoms with Crippen molar-refractivity contribution in [3.05, 3.63) is 48.0 Å². The summed E-state index contributed by atoms with van der Waals surface area (Å²) in [5, 5.41) is 2.71. The molecule has 1 N–H and O–H groups in total. The third kappa shape index (κ3) is 3.68. The molecule has 0 aliphatic carbocycles. The Morgan fingerprint density at radius 3 is 2.43 bits per heavy atom. The van der Waals surface area contributed by atoms with Crippen molar-refractivity contribution in [2.24, 2.45) is 0 Å². The van der Waals surface area contributed by atoms with Crippen molar-refractivity contribution in [3.8, 4) is 17.2 Å². The Labute approximate surface area is 130 Å². The third-order valence-corrected chi connectivity index (χ3v) is 3.14. The zero-order valence-electron chi connectivity index (χ0n) is 11.9. The van der Waals surface area contributed by atoms with Crippen LogP contribution in [0.25, 0.3) is 0 Å². The number of ether oxygens (including phenoxy) is 3. The average molecular weight is 321 g/mol. The first-order chi connectivity index (χ1) is 11.1. The van der Waals surface area contributed by atoms with Crippen LogP contribution >= 0.6 is 0 Å². The molecule has 0 aromatic heterocycles. The van der Waals surface area contributed by atoms with Gasteiger partial charge in [-0.05, 0) is 36.4 Å². The van der Waals surface area contributed by atoms with E-state index in [9.17, 15) is 13.6 Å². The van der Waals surface area contributed by atoms with E-state index in [4.69, 9.17) is 9.47 Å². The number of benzene rings is 2. The molecule has 0 saturated heterocycles. The number of amides is 1. The molecule has 0 unspecified atom stereocenters. The lowest BCUT2D eigenvalue weighted by atomic mass is 10.2. The van der Waals surface area contributed by atoms with Crippen LogP contribution in [0.2, 0.25) is 0 Å². The number of anilines is 1. The lowest BCUT2D eigenvalue weighted by Crippen LogP contribution is -2.16. The highest BCUT2D eigenvalue weighted by Gasteiger charge is 2.13. The van der Waals surface area contributed by atoms with Crippen molar-refractivity contribution in [1.82, 2.24) is 0 Å². The summed E-state index contributed by atoms with van der Waals surface area (Å²) in [6.07, 6.45) is 0. The van der Waals surface area contributed by atoms with Gasteiger partial charge in [0.05, 0.1) is 0 Å². The molecule has 1 heterocycles. The fourth-order valence-corrected chi connectivity index (χ4v) is 2.11. The Kier molecular flexibility index (Phi) is 4.27. The number of fused-ring (bicyclic) bond motifs is 1. The smallest absolute Gasteiger partial charge is 0.387 e. The van der Waals surface area contributed by atoms with Gasteiger partial charge in [0.2, 0.25) is 0 Å². The van der Waals surface area contributed by atoms with E-state index in [1.54, 1.807) is 18.2 Å². The predicted molar refractivity (Wildman–Crippen MR) is 78.5 cm³/mol. The van der Waals surface area contributed by atoms with Gasteiger partial charge in [-0.3, -0.25) is 4.79 Å². The van der Waals surface area contributed by atoms with Gasteiger partial charge in [-0.1, -0.05) is 0 Å².